The lowest BCUT2D eigenvalue weighted by Crippen LogP contribution is -2.32. The first-order chi connectivity index (χ1) is 17.2. The molecule has 1 N–H and O–H groups in total. The number of carbonyl (C=O) groups is 1. The maximum Gasteiger partial charge on any atom is 0.223 e. The van der Waals surface area contributed by atoms with Crippen molar-refractivity contribution in [3.8, 4) is 5.75 Å². The zero-order valence-electron chi connectivity index (χ0n) is 21.5. The Morgan fingerprint density at radius 3 is 2.63 bits per heavy atom. The molecule has 0 spiro atoms. The van der Waals surface area contributed by atoms with Crippen LogP contribution in [0.5, 0.6) is 5.75 Å². The van der Waals surface area contributed by atoms with Gasteiger partial charge in [-0.25, -0.2) is 4.98 Å². The fourth-order valence-electron chi connectivity index (χ4n) is 5.07. The first-order valence-corrected chi connectivity index (χ1v) is 13.6. The van der Waals surface area contributed by atoms with Crippen molar-refractivity contribution in [3.05, 3.63) is 59.9 Å². The number of amides is 1. The van der Waals surface area contributed by atoms with E-state index in [1.165, 1.54) is 30.3 Å². The number of ether oxygens (including phenoxy) is 1. The second kappa shape index (κ2) is 12.8. The van der Waals surface area contributed by atoms with Crippen LogP contribution in [0.4, 0.5) is 0 Å². The van der Waals surface area contributed by atoms with Crippen LogP contribution >= 0.6 is 0 Å². The molecule has 2 aromatic carbocycles. The largest absolute Gasteiger partial charge is 0.494 e. The van der Waals surface area contributed by atoms with Crippen LogP contribution in [0.25, 0.3) is 11.0 Å². The standard InChI is InChI=1S/C30H41N3O2/c1-3-23(2)24-16-18-26(19-17-24)35-22-10-21-33-28-14-8-7-13-27(28)32-29(33)15-9-20-31-30(34)25-11-5-4-6-12-25/h7-8,13-14,16-19,23,25H,3-6,9-12,15,20-22H2,1-2H3,(H,31,34). The number of nitrogens with zero attached hydrogens (tertiary/aromatic N) is 2. The highest BCUT2D eigenvalue weighted by Gasteiger charge is 2.20. The Bertz CT molecular complexity index is 1070. The zero-order chi connectivity index (χ0) is 24.5. The molecule has 1 aliphatic rings. The van der Waals surface area contributed by atoms with Crippen molar-refractivity contribution >= 4 is 16.9 Å². The average molecular weight is 476 g/mol. The highest BCUT2D eigenvalue weighted by atomic mass is 16.5. The molecule has 1 aromatic heterocycles. The number of rotatable bonds is 12. The lowest BCUT2D eigenvalue weighted by atomic mass is 9.89. The van der Waals surface area contributed by atoms with Gasteiger partial charge in [0.15, 0.2) is 0 Å². The predicted octanol–water partition coefficient (Wildman–Crippen LogP) is 6.65. The summed E-state index contributed by atoms with van der Waals surface area (Å²) in [6.45, 7) is 6.74. The molecule has 1 aliphatic carbocycles. The van der Waals surface area contributed by atoms with Crippen LogP contribution in [0.3, 0.4) is 0 Å². The molecule has 0 saturated heterocycles. The Balaban J connectivity index is 1.28. The molecule has 1 fully saturated rings. The van der Waals surface area contributed by atoms with E-state index in [1.807, 2.05) is 6.07 Å². The molecule has 5 nitrogen and oxygen atoms in total. The number of nitrogens with one attached hydrogen (secondary N) is 1. The molecule has 5 heteroatoms. The highest BCUT2D eigenvalue weighted by Crippen LogP contribution is 2.24. The van der Waals surface area contributed by atoms with Gasteiger partial charge in [-0.1, -0.05) is 57.4 Å². The van der Waals surface area contributed by atoms with Gasteiger partial charge in [0.1, 0.15) is 11.6 Å². The van der Waals surface area contributed by atoms with Gasteiger partial charge in [0.25, 0.3) is 0 Å². The Hall–Kier alpha value is -2.82. The van der Waals surface area contributed by atoms with Crippen LogP contribution in [0, 0.1) is 5.92 Å². The number of hydrogen-bond donors (Lipinski definition) is 1. The van der Waals surface area contributed by atoms with E-state index < -0.39 is 0 Å². The summed E-state index contributed by atoms with van der Waals surface area (Å²) in [7, 11) is 0. The molecular formula is C30H41N3O2. The molecule has 35 heavy (non-hydrogen) atoms. The van der Waals surface area contributed by atoms with Crippen molar-refractivity contribution in [3.63, 3.8) is 0 Å². The molecule has 1 saturated carbocycles. The first-order valence-electron chi connectivity index (χ1n) is 13.6. The summed E-state index contributed by atoms with van der Waals surface area (Å²) in [5.74, 6) is 3.07. The molecule has 1 atom stereocenters. The maximum atomic E-state index is 12.4. The molecule has 0 radical (unpaired) electrons. The van der Waals surface area contributed by atoms with Crippen molar-refractivity contribution in [1.29, 1.82) is 0 Å². The molecule has 188 valence electrons. The van der Waals surface area contributed by atoms with Gasteiger partial charge in [0.05, 0.1) is 17.6 Å². The van der Waals surface area contributed by atoms with E-state index in [0.29, 0.717) is 19.1 Å². The molecule has 1 unspecified atom stereocenters. The Morgan fingerprint density at radius 1 is 1.09 bits per heavy atom. The van der Waals surface area contributed by atoms with Gasteiger partial charge >= 0.3 is 0 Å². The number of aromatic nitrogens is 2. The van der Waals surface area contributed by atoms with Crippen molar-refractivity contribution in [1.82, 2.24) is 14.9 Å². The number of imidazole rings is 1. The van der Waals surface area contributed by atoms with Gasteiger partial charge in [-0.15, -0.1) is 0 Å². The molecule has 1 heterocycles. The van der Waals surface area contributed by atoms with Gasteiger partial charge in [-0.3, -0.25) is 4.79 Å². The molecule has 1 amide bonds. The van der Waals surface area contributed by atoms with E-state index in [1.54, 1.807) is 0 Å². The maximum absolute atomic E-state index is 12.4. The summed E-state index contributed by atoms with van der Waals surface area (Å²) >= 11 is 0. The van der Waals surface area contributed by atoms with Gasteiger partial charge < -0.3 is 14.6 Å². The second-order valence-corrected chi connectivity index (χ2v) is 9.98. The smallest absolute Gasteiger partial charge is 0.223 e. The third-order valence-electron chi connectivity index (χ3n) is 7.44. The summed E-state index contributed by atoms with van der Waals surface area (Å²) in [6.07, 6.45) is 9.57. The lowest BCUT2D eigenvalue weighted by molar-refractivity contribution is -0.125. The third-order valence-corrected chi connectivity index (χ3v) is 7.44. The van der Waals surface area contributed by atoms with Crippen LogP contribution in [-0.2, 0) is 17.8 Å². The van der Waals surface area contributed by atoms with E-state index in [4.69, 9.17) is 9.72 Å². The number of carbonyl (C=O) groups excluding carboxylic acids is 1. The van der Waals surface area contributed by atoms with E-state index in [0.717, 1.165) is 62.2 Å². The van der Waals surface area contributed by atoms with Crippen LogP contribution in [-0.4, -0.2) is 28.6 Å². The summed E-state index contributed by atoms with van der Waals surface area (Å²) in [6, 6.07) is 16.9. The second-order valence-electron chi connectivity index (χ2n) is 9.98. The molecule has 4 rings (SSSR count). The van der Waals surface area contributed by atoms with Gasteiger partial charge in [-0.2, -0.15) is 0 Å². The van der Waals surface area contributed by atoms with E-state index in [9.17, 15) is 4.79 Å². The van der Waals surface area contributed by atoms with E-state index >= 15 is 0 Å². The fraction of sp³-hybridized carbons (Fsp3) is 0.533. The average Bonchev–Trinajstić information content (AvgIpc) is 3.26. The monoisotopic (exact) mass is 475 g/mol. The van der Waals surface area contributed by atoms with Crippen LogP contribution in [0.2, 0.25) is 0 Å². The molecule has 0 aliphatic heterocycles. The Labute approximate surface area is 210 Å². The van der Waals surface area contributed by atoms with Crippen molar-refractivity contribution in [2.24, 2.45) is 5.92 Å². The fourth-order valence-corrected chi connectivity index (χ4v) is 5.07. The third kappa shape index (κ3) is 6.87. The number of aryl methyl sites for hydroxylation is 2. The molecular weight excluding hydrogens is 434 g/mol. The van der Waals surface area contributed by atoms with Gasteiger partial charge in [0.2, 0.25) is 5.91 Å². The summed E-state index contributed by atoms with van der Waals surface area (Å²) in [5, 5.41) is 3.16. The summed E-state index contributed by atoms with van der Waals surface area (Å²) in [4.78, 5) is 17.3. The van der Waals surface area contributed by atoms with Crippen molar-refractivity contribution in [2.45, 2.75) is 84.1 Å². The number of hydrogen-bond acceptors (Lipinski definition) is 3. The van der Waals surface area contributed by atoms with Gasteiger partial charge in [0, 0.05) is 25.4 Å². The van der Waals surface area contributed by atoms with Crippen LogP contribution in [0.15, 0.2) is 48.5 Å². The van der Waals surface area contributed by atoms with Gasteiger partial charge in [-0.05, 0) is 67.9 Å². The normalized spacial score (nSPS) is 15.3. The van der Waals surface area contributed by atoms with E-state index in [-0.39, 0.29) is 11.8 Å². The van der Waals surface area contributed by atoms with Crippen LogP contribution in [0.1, 0.15) is 82.5 Å². The number of benzene rings is 2. The Kier molecular flexibility index (Phi) is 9.21. The topological polar surface area (TPSA) is 56.1 Å². The lowest BCUT2D eigenvalue weighted by Gasteiger charge is -2.20. The minimum atomic E-state index is 0.222. The first kappa shape index (κ1) is 25.3. The minimum absolute atomic E-state index is 0.222. The minimum Gasteiger partial charge on any atom is -0.494 e. The number of para-hydroxylation sites is 2. The Morgan fingerprint density at radius 2 is 1.86 bits per heavy atom. The summed E-state index contributed by atoms with van der Waals surface area (Å²) < 4.78 is 8.35. The SMILES string of the molecule is CCC(C)c1ccc(OCCCn2c(CCCNC(=O)C3CCCCC3)nc3ccccc32)cc1. The molecule has 0 bridgehead atoms. The molecule has 3 aromatic rings. The van der Waals surface area contributed by atoms with Crippen molar-refractivity contribution < 1.29 is 9.53 Å². The summed E-state index contributed by atoms with van der Waals surface area (Å²) in [5.41, 5.74) is 3.58. The number of fused-ring (bicyclic) bond motifs is 1. The van der Waals surface area contributed by atoms with Crippen LogP contribution < -0.4 is 10.1 Å². The highest BCUT2D eigenvalue weighted by molar-refractivity contribution is 5.78. The van der Waals surface area contributed by atoms with Crippen molar-refractivity contribution in [2.75, 3.05) is 13.2 Å². The predicted molar refractivity (Wildman–Crippen MR) is 143 cm³/mol. The van der Waals surface area contributed by atoms with E-state index in [2.05, 4.69) is 66.2 Å². The zero-order valence-corrected chi connectivity index (χ0v) is 21.5. The quantitative estimate of drug-likeness (QED) is 0.298.